The van der Waals surface area contributed by atoms with Crippen LogP contribution >= 0.6 is 0 Å². The summed E-state index contributed by atoms with van der Waals surface area (Å²) in [6.07, 6.45) is 4.49. The molecule has 4 rings (SSSR count). The number of rotatable bonds is 4. The minimum atomic E-state index is -0.325. The maximum Gasteiger partial charge on any atom is 0.240 e. The van der Waals surface area contributed by atoms with Crippen molar-refractivity contribution in [2.75, 3.05) is 32.8 Å². The fourth-order valence-electron chi connectivity index (χ4n) is 5.06. The van der Waals surface area contributed by atoms with Gasteiger partial charge in [0, 0.05) is 12.0 Å². The summed E-state index contributed by atoms with van der Waals surface area (Å²) in [5, 5.41) is 0. The minimum Gasteiger partial charge on any atom is -0.322 e. The van der Waals surface area contributed by atoms with E-state index >= 15 is 0 Å². The van der Waals surface area contributed by atoms with Crippen LogP contribution in [0.1, 0.15) is 43.2 Å². The van der Waals surface area contributed by atoms with E-state index in [4.69, 9.17) is 0 Å². The number of imide groups is 1. The highest BCUT2D eigenvalue weighted by Crippen LogP contribution is 2.46. The second kappa shape index (κ2) is 7.12. The number of amides is 2. The second-order valence-corrected chi connectivity index (χ2v) is 8.55. The molecule has 26 heavy (non-hydrogen) atoms. The second-order valence-electron chi connectivity index (χ2n) is 8.55. The molecule has 140 valence electrons. The standard InChI is InChI=1S/C21H29N3O2/c1-17-6-2-3-7-18(17)15-22-10-12-23(13-11-22)16-24-19(25)14-21(20(24)26)8-4-5-9-21/h2-3,6-7H,4-5,8-16H2,1H3/p+2. The molecule has 3 aliphatic rings. The highest BCUT2D eigenvalue weighted by molar-refractivity contribution is 6.05. The first kappa shape index (κ1) is 17.7. The summed E-state index contributed by atoms with van der Waals surface area (Å²) in [4.78, 5) is 29.9. The summed E-state index contributed by atoms with van der Waals surface area (Å²) in [6.45, 7) is 8.11. The number of carbonyl (C=O) groups is 2. The van der Waals surface area contributed by atoms with Gasteiger partial charge in [0.25, 0.3) is 0 Å². The van der Waals surface area contributed by atoms with Crippen LogP contribution < -0.4 is 9.80 Å². The molecule has 5 nitrogen and oxygen atoms in total. The lowest BCUT2D eigenvalue weighted by Gasteiger charge is -2.32. The lowest BCUT2D eigenvalue weighted by molar-refractivity contribution is -1.02. The Bertz CT molecular complexity index is 688. The number of carbonyl (C=O) groups excluding carboxylic acids is 2. The third kappa shape index (κ3) is 3.30. The first-order valence-corrected chi connectivity index (χ1v) is 10.1. The van der Waals surface area contributed by atoms with E-state index in [0.29, 0.717) is 13.1 Å². The molecular weight excluding hydrogens is 326 g/mol. The van der Waals surface area contributed by atoms with Crippen molar-refractivity contribution in [2.45, 2.75) is 45.6 Å². The van der Waals surface area contributed by atoms with Crippen LogP contribution in [0.3, 0.4) is 0 Å². The van der Waals surface area contributed by atoms with Crippen molar-refractivity contribution < 1.29 is 19.4 Å². The lowest BCUT2D eigenvalue weighted by atomic mass is 9.85. The smallest absolute Gasteiger partial charge is 0.240 e. The molecule has 1 spiro atoms. The molecule has 5 heteroatoms. The van der Waals surface area contributed by atoms with Crippen LogP contribution in [0.5, 0.6) is 0 Å². The molecule has 0 atom stereocenters. The van der Waals surface area contributed by atoms with Gasteiger partial charge in [0.2, 0.25) is 11.8 Å². The maximum absolute atomic E-state index is 12.8. The predicted molar refractivity (Wildman–Crippen MR) is 98.5 cm³/mol. The number of hydrogen-bond acceptors (Lipinski definition) is 2. The quantitative estimate of drug-likeness (QED) is 0.718. The summed E-state index contributed by atoms with van der Waals surface area (Å²) in [6, 6.07) is 8.62. The molecule has 0 unspecified atom stereocenters. The van der Waals surface area contributed by atoms with Crippen molar-refractivity contribution in [2.24, 2.45) is 5.41 Å². The number of piperazine rings is 1. The van der Waals surface area contributed by atoms with E-state index in [0.717, 1.165) is 58.4 Å². The molecule has 2 N–H and O–H groups in total. The summed E-state index contributed by atoms with van der Waals surface area (Å²) in [7, 11) is 0. The van der Waals surface area contributed by atoms with E-state index < -0.39 is 0 Å². The van der Waals surface area contributed by atoms with Gasteiger partial charge in [-0.15, -0.1) is 0 Å². The van der Waals surface area contributed by atoms with Gasteiger partial charge in [-0.25, -0.2) is 4.90 Å². The molecule has 2 heterocycles. The van der Waals surface area contributed by atoms with Gasteiger partial charge in [-0.1, -0.05) is 37.1 Å². The Kier molecular flexibility index (Phi) is 4.84. The van der Waals surface area contributed by atoms with Crippen LogP contribution in [0.4, 0.5) is 0 Å². The van der Waals surface area contributed by atoms with Gasteiger partial charge >= 0.3 is 0 Å². The highest BCUT2D eigenvalue weighted by Gasteiger charge is 2.53. The van der Waals surface area contributed by atoms with Gasteiger partial charge in [0.05, 0.1) is 5.41 Å². The van der Waals surface area contributed by atoms with Gasteiger partial charge in [0.15, 0.2) is 6.67 Å². The Hall–Kier alpha value is -1.72. The van der Waals surface area contributed by atoms with Gasteiger partial charge in [-0.2, -0.15) is 0 Å². The molecule has 0 bridgehead atoms. The van der Waals surface area contributed by atoms with E-state index in [1.54, 1.807) is 9.80 Å². The lowest BCUT2D eigenvalue weighted by Crippen LogP contribution is -3.28. The Balaban J connectivity index is 1.31. The van der Waals surface area contributed by atoms with E-state index in [9.17, 15) is 9.59 Å². The fourth-order valence-corrected chi connectivity index (χ4v) is 5.06. The van der Waals surface area contributed by atoms with Crippen LogP contribution in [0.25, 0.3) is 0 Å². The monoisotopic (exact) mass is 357 g/mol. The molecule has 1 aliphatic carbocycles. The predicted octanol–water partition coefficient (Wildman–Crippen LogP) is -0.445. The molecule has 0 radical (unpaired) electrons. The number of hydrogen-bond donors (Lipinski definition) is 2. The molecule has 1 aromatic carbocycles. The average molecular weight is 357 g/mol. The topological polar surface area (TPSA) is 46.3 Å². The summed E-state index contributed by atoms with van der Waals surface area (Å²) < 4.78 is 0. The van der Waals surface area contributed by atoms with Crippen molar-refractivity contribution in [1.29, 1.82) is 0 Å². The highest BCUT2D eigenvalue weighted by atomic mass is 16.2. The molecule has 2 saturated heterocycles. The summed E-state index contributed by atoms with van der Waals surface area (Å²) in [5.74, 6) is 0.196. The Morgan fingerprint density at radius 1 is 1.00 bits per heavy atom. The van der Waals surface area contributed by atoms with Crippen molar-refractivity contribution in [3.8, 4) is 0 Å². The zero-order valence-electron chi connectivity index (χ0n) is 15.9. The summed E-state index contributed by atoms with van der Waals surface area (Å²) >= 11 is 0. The normalized spacial score (nSPS) is 28.3. The van der Waals surface area contributed by atoms with Crippen molar-refractivity contribution >= 4 is 11.8 Å². The van der Waals surface area contributed by atoms with Crippen LogP contribution in [0.15, 0.2) is 24.3 Å². The number of nitrogens with zero attached hydrogens (tertiary/aromatic N) is 1. The van der Waals surface area contributed by atoms with E-state index in [-0.39, 0.29) is 17.2 Å². The molecule has 1 saturated carbocycles. The number of quaternary nitrogens is 2. The van der Waals surface area contributed by atoms with E-state index in [1.807, 2.05) is 0 Å². The number of aryl methyl sites for hydroxylation is 1. The first-order valence-electron chi connectivity index (χ1n) is 10.1. The number of benzene rings is 1. The number of nitrogens with one attached hydrogen (secondary N) is 2. The SMILES string of the molecule is Cc1ccccc1C[NH+]1CC[NH+](CN2C(=O)CC3(CCCC3)C2=O)CC1. The van der Waals surface area contributed by atoms with Crippen LogP contribution in [0.2, 0.25) is 0 Å². The average Bonchev–Trinajstić information content (AvgIpc) is 3.19. The third-order valence-electron chi connectivity index (χ3n) is 6.80. The number of likely N-dealkylation sites (tertiary alicyclic amines) is 1. The molecule has 2 amide bonds. The Morgan fingerprint density at radius 3 is 2.35 bits per heavy atom. The Morgan fingerprint density at radius 2 is 1.65 bits per heavy atom. The molecule has 1 aromatic rings. The van der Waals surface area contributed by atoms with Gasteiger partial charge in [-0.3, -0.25) is 9.59 Å². The van der Waals surface area contributed by atoms with Gasteiger partial charge < -0.3 is 9.80 Å². The van der Waals surface area contributed by atoms with Crippen LogP contribution in [-0.4, -0.2) is 49.6 Å². The van der Waals surface area contributed by atoms with Gasteiger partial charge in [0.1, 0.15) is 32.7 Å². The fraction of sp³-hybridized carbons (Fsp3) is 0.619. The van der Waals surface area contributed by atoms with Crippen molar-refractivity contribution in [3.63, 3.8) is 0 Å². The largest absolute Gasteiger partial charge is 0.322 e. The first-order chi connectivity index (χ1) is 12.6. The molecule has 2 aliphatic heterocycles. The third-order valence-corrected chi connectivity index (χ3v) is 6.80. The van der Waals surface area contributed by atoms with Gasteiger partial charge in [-0.05, 0) is 25.3 Å². The zero-order chi connectivity index (χ0) is 18.1. The minimum absolute atomic E-state index is 0.0686. The molecular formula is C21H31N3O2+2. The zero-order valence-corrected chi connectivity index (χ0v) is 15.9. The van der Waals surface area contributed by atoms with E-state index in [2.05, 4.69) is 31.2 Å². The summed E-state index contributed by atoms with van der Waals surface area (Å²) in [5.41, 5.74) is 2.47. The maximum atomic E-state index is 12.8. The van der Waals surface area contributed by atoms with Crippen LogP contribution in [-0.2, 0) is 16.1 Å². The molecule has 3 fully saturated rings. The van der Waals surface area contributed by atoms with Crippen molar-refractivity contribution in [1.82, 2.24) is 4.90 Å². The van der Waals surface area contributed by atoms with E-state index in [1.165, 1.54) is 16.0 Å². The Labute approximate surface area is 155 Å². The van der Waals surface area contributed by atoms with Crippen molar-refractivity contribution in [3.05, 3.63) is 35.4 Å². The van der Waals surface area contributed by atoms with Crippen LogP contribution in [0, 0.1) is 12.3 Å². The molecule has 0 aromatic heterocycles.